The lowest BCUT2D eigenvalue weighted by atomic mass is 9.99. The molecule has 1 aliphatic heterocycles. The second-order valence-corrected chi connectivity index (χ2v) is 7.33. The summed E-state index contributed by atoms with van der Waals surface area (Å²) >= 11 is 0. The van der Waals surface area contributed by atoms with Crippen molar-refractivity contribution in [2.75, 3.05) is 13.1 Å². The molecule has 9 nitrogen and oxygen atoms in total. The summed E-state index contributed by atoms with van der Waals surface area (Å²) < 4.78 is 30.2. The van der Waals surface area contributed by atoms with Crippen molar-refractivity contribution in [2.45, 2.75) is 37.1 Å². The zero-order valence-electron chi connectivity index (χ0n) is 12.6. The monoisotopic (exact) mass is 325 g/mol. The van der Waals surface area contributed by atoms with Crippen LogP contribution in [-0.2, 0) is 23.6 Å². The fourth-order valence-corrected chi connectivity index (χ4v) is 4.23. The van der Waals surface area contributed by atoms with Gasteiger partial charge in [-0.15, -0.1) is 5.10 Å². The normalized spacial score (nSPS) is 20.4. The summed E-state index contributed by atoms with van der Waals surface area (Å²) in [5.74, 6) is 0.744. The van der Waals surface area contributed by atoms with E-state index in [1.807, 2.05) is 6.92 Å². The van der Waals surface area contributed by atoms with Crippen molar-refractivity contribution in [2.24, 2.45) is 7.05 Å². The predicted molar refractivity (Wildman–Crippen MR) is 77.4 cm³/mol. The summed E-state index contributed by atoms with van der Waals surface area (Å²) in [6, 6.07) is 0. The smallest absolute Gasteiger partial charge is 0.246 e. The topological polar surface area (TPSA) is 98.8 Å². The van der Waals surface area contributed by atoms with Gasteiger partial charge in [-0.05, 0) is 30.2 Å². The number of hydrogen-bond acceptors (Lipinski definition) is 6. The number of sulfonamides is 1. The third kappa shape index (κ3) is 2.63. The van der Waals surface area contributed by atoms with Gasteiger partial charge in [0.2, 0.25) is 10.0 Å². The fourth-order valence-electron chi connectivity index (χ4n) is 2.75. The van der Waals surface area contributed by atoms with Crippen molar-refractivity contribution < 1.29 is 8.42 Å². The molecule has 3 rings (SSSR count). The average molecular weight is 325 g/mol. The van der Waals surface area contributed by atoms with E-state index in [4.69, 9.17) is 0 Å². The van der Waals surface area contributed by atoms with E-state index in [1.54, 1.807) is 22.6 Å². The molecule has 1 unspecified atom stereocenters. The Kier molecular flexibility index (Phi) is 3.96. The van der Waals surface area contributed by atoms with Crippen LogP contribution in [0.2, 0.25) is 0 Å². The minimum Gasteiger partial charge on any atom is -0.272 e. The number of piperidine rings is 1. The first-order chi connectivity index (χ1) is 10.5. The molecular weight excluding hydrogens is 306 g/mol. The Morgan fingerprint density at radius 2 is 2.23 bits per heavy atom. The standard InChI is InChI=1S/C12H19N7O2S/c1-3-18-9-11(7-13-18)22(20,21)19-6-4-5-10(8-19)12-14-15-16-17(12)2/h7,9-10H,3-6,8H2,1-2H3. The van der Waals surface area contributed by atoms with Crippen LogP contribution in [0.3, 0.4) is 0 Å². The summed E-state index contributed by atoms with van der Waals surface area (Å²) in [6.07, 6.45) is 4.66. The van der Waals surface area contributed by atoms with Crippen LogP contribution in [0.15, 0.2) is 17.3 Å². The van der Waals surface area contributed by atoms with E-state index >= 15 is 0 Å². The summed E-state index contributed by atoms with van der Waals surface area (Å²) in [6.45, 7) is 3.47. The molecule has 0 aliphatic carbocycles. The maximum absolute atomic E-state index is 12.7. The molecule has 1 fully saturated rings. The van der Waals surface area contributed by atoms with Gasteiger partial charge in [0, 0.05) is 38.8 Å². The van der Waals surface area contributed by atoms with Crippen molar-refractivity contribution >= 4 is 10.0 Å². The molecule has 0 amide bonds. The van der Waals surface area contributed by atoms with Gasteiger partial charge in [0.25, 0.3) is 0 Å². The highest BCUT2D eigenvalue weighted by Gasteiger charge is 2.33. The van der Waals surface area contributed by atoms with E-state index in [0.717, 1.165) is 18.7 Å². The molecule has 2 aromatic rings. The minimum absolute atomic E-state index is 0.0183. The molecule has 1 atom stereocenters. The summed E-state index contributed by atoms with van der Waals surface area (Å²) in [7, 11) is -1.74. The lowest BCUT2D eigenvalue weighted by molar-refractivity contribution is 0.305. The zero-order valence-corrected chi connectivity index (χ0v) is 13.4. The highest BCUT2D eigenvalue weighted by molar-refractivity contribution is 7.89. The summed E-state index contributed by atoms with van der Waals surface area (Å²) in [5.41, 5.74) is 0. The first-order valence-corrected chi connectivity index (χ1v) is 8.71. The van der Waals surface area contributed by atoms with Crippen molar-refractivity contribution in [3.63, 3.8) is 0 Å². The molecule has 0 radical (unpaired) electrons. The molecule has 0 N–H and O–H groups in total. The molecule has 10 heteroatoms. The van der Waals surface area contributed by atoms with Gasteiger partial charge in [-0.2, -0.15) is 9.40 Å². The highest BCUT2D eigenvalue weighted by Crippen LogP contribution is 2.28. The first-order valence-electron chi connectivity index (χ1n) is 7.27. The van der Waals surface area contributed by atoms with Gasteiger partial charge < -0.3 is 0 Å². The highest BCUT2D eigenvalue weighted by atomic mass is 32.2. The number of tetrazole rings is 1. The van der Waals surface area contributed by atoms with Gasteiger partial charge in [0.05, 0.1) is 6.20 Å². The minimum atomic E-state index is -3.52. The third-order valence-electron chi connectivity index (χ3n) is 3.97. The lowest BCUT2D eigenvalue weighted by Crippen LogP contribution is -2.39. The second-order valence-electron chi connectivity index (χ2n) is 5.39. The second kappa shape index (κ2) is 5.76. The van der Waals surface area contributed by atoms with Gasteiger partial charge in [0.15, 0.2) is 5.82 Å². The molecule has 3 heterocycles. The summed E-state index contributed by atoms with van der Waals surface area (Å²) in [4.78, 5) is 0.242. The molecular formula is C12H19N7O2S. The number of aryl methyl sites for hydroxylation is 2. The van der Waals surface area contributed by atoms with Gasteiger partial charge >= 0.3 is 0 Å². The molecule has 0 spiro atoms. The van der Waals surface area contributed by atoms with E-state index in [-0.39, 0.29) is 10.8 Å². The van der Waals surface area contributed by atoms with Crippen molar-refractivity contribution in [1.82, 2.24) is 34.3 Å². The van der Waals surface area contributed by atoms with E-state index in [2.05, 4.69) is 20.6 Å². The van der Waals surface area contributed by atoms with Gasteiger partial charge in [0.1, 0.15) is 4.90 Å². The fraction of sp³-hybridized carbons (Fsp3) is 0.667. The maximum atomic E-state index is 12.7. The van der Waals surface area contributed by atoms with Crippen LogP contribution >= 0.6 is 0 Å². The number of rotatable bonds is 4. The van der Waals surface area contributed by atoms with Crippen LogP contribution in [0.4, 0.5) is 0 Å². The molecule has 22 heavy (non-hydrogen) atoms. The Morgan fingerprint density at radius 1 is 1.41 bits per heavy atom. The Morgan fingerprint density at radius 3 is 2.86 bits per heavy atom. The zero-order chi connectivity index (χ0) is 15.7. The Balaban J connectivity index is 1.83. The van der Waals surface area contributed by atoms with Crippen LogP contribution in [0.5, 0.6) is 0 Å². The Hall–Kier alpha value is -1.81. The van der Waals surface area contributed by atoms with Crippen molar-refractivity contribution in [1.29, 1.82) is 0 Å². The number of aromatic nitrogens is 6. The third-order valence-corrected chi connectivity index (χ3v) is 5.79. The first kappa shape index (κ1) is 15.1. The maximum Gasteiger partial charge on any atom is 0.246 e. The van der Waals surface area contributed by atoms with Crippen LogP contribution < -0.4 is 0 Å². The van der Waals surface area contributed by atoms with Crippen molar-refractivity contribution in [3.8, 4) is 0 Å². The molecule has 1 saturated heterocycles. The van der Waals surface area contributed by atoms with Crippen LogP contribution in [-0.4, -0.2) is 55.8 Å². The van der Waals surface area contributed by atoms with E-state index in [1.165, 1.54) is 10.5 Å². The summed E-state index contributed by atoms with van der Waals surface area (Å²) in [5, 5.41) is 15.5. The average Bonchev–Trinajstić information content (AvgIpc) is 3.16. The largest absolute Gasteiger partial charge is 0.272 e. The van der Waals surface area contributed by atoms with Gasteiger partial charge in [-0.25, -0.2) is 13.1 Å². The van der Waals surface area contributed by atoms with Gasteiger partial charge in [-0.3, -0.25) is 4.68 Å². The quantitative estimate of drug-likeness (QED) is 0.784. The Labute approximate surface area is 129 Å². The van der Waals surface area contributed by atoms with E-state index in [9.17, 15) is 8.42 Å². The van der Waals surface area contributed by atoms with Crippen molar-refractivity contribution in [3.05, 3.63) is 18.2 Å². The molecule has 0 saturated carbocycles. The number of hydrogen-bond donors (Lipinski definition) is 0. The lowest BCUT2D eigenvalue weighted by Gasteiger charge is -2.30. The predicted octanol–water partition coefficient (Wildman–Crippen LogP) is -0.00520. The molecule has 2 aromatic heterocycles. The van der Waals surface area contributed by atoms with Gasteiger partial charge in [-0.1, -0.05) is 0 Å². The van der Waals surface area contributed by atoms with Crippen LogP contribution in [0, 0.1) is 0 Å². The van der Waals surface area contributed by atoms with Crippen LogP contribution in [0.1, 0.15) is 31.5 Å². The Bertz CT molecular complexity index is 751. The molecule has 0 aromatic carbocycles. The van der Waals surface area contributed by atoms with Crippen LogP contribution in [0.25, 0.3) is 0 Å². The molecule has 0 bridgehead atoms. The SMILES string of the molecule is CCn1cc(S(=O)(=O)N2CCCC(c3nnnn3C)C2)cn1. The van der Waals surface area contributed by atoms with E-state index in [0.29, 0.717) is 19.6 Å². The molecule has 1 aliphatic rings. The molecule has 120 valence electrons. The van der Waals surface area contributed by atoms with E-state index < -0.39 is 10.0 Å². The number of nitrogens with zero attached hydrogens (tertiary/aromatic N) is 7.